The predicted octanol–water partition coefficient (Wildman–Crippen LogP) is 3.36. The van der Waals surface area contributed by atoms with Crippen LogP contribution in [0.3, 0.4) is 0 Å². The predicted molar refractivity (Wildman–Crippen MR) is 83.0 cm³/mol. The maximum Gasteiger partial charge on any atom is 0.262 e. The van der Waals surface area contributed by atoms with Crippen LogP contribution in [0.4, 0.5) is 4.39 Å². The van der Waals surface area contributed by atoms with E-state index >= 15 is 0 Å². The summed E-state index contributed by atoms with van der Waals surface area (Å²) < 4.78 is 13.2. The SMILES string of the molecule is Cc1cc(C=C(C#N)C(=O)NCc2ccccc2)ccc1F. The quantitative estimate of drug-likeness (QED) is 0.694. The topological polar surface area (TPSA) is 52.9 Å². The van der Waals surface area contributed by atoms with Crippen molar-refractivity contribution in [2.24, 2.45) is 0 Å². The van der Waals surface area contributed by atoms with Crippen LogP contribution in [-0.4, -0.2) is 5.91 Å². The van der Waals surface area contributed by atoms with E-state index < -0.39 is 5.91 Å². The normalized spacial score (nSPS) is 10.9. The first-order valence-corrected chi connectivity index (χ1v) is 6.80. The fourth-order valence-electron chi connectivity index (χ4n) is 1.95. The lowest BCUT2D eigenvalue weighted by molar-refractivity contribution is -0.117. The lowest BCUT2D eigenvalue weighted by Gasteiger charge is -2.05. The molecule has 0 bridgehead atoms. The number of amides is 1. The fourth-order valence-corrected chi connectivity index (χ4v) is 1.95. The van der Waals surface area contributed by atoms with Gasteiger partial charge in [0.15, 0.2) is 0 Å². The highest BCUT2D eigenvalue weighted by Crippen LogP contribution is 2.12. The van der Waals surface area contributed by atoms with Crippen molar-refractivity contribution in [3.05, 3.63) is 76.6 Å². The van der Waals surface area contributed by atoms with E-state index in [1.54, 1.807) is 13.0 Å². The smallest absolute Gasteiger partial charge is 0.262 e. The number of carbonyl (C=O) groups is 1. The van der Waals surface area contributed by atoms with E-state index in [0.29, 0.717) is 17.7 Å². The summed E-state index contributed by atoms with van der Waals surface area (Å²) >= 11 is 0. The van der Waals surface area contributed by atoms with Crippen LogP contribution in [0, 0.1) is 24.1 Å². The van der Waals surface area contributed by atoms with Crippen LogP contribution >= 0.6 is 0 Å². The van der Waals surface area contributed by atoms with Crippen LogP contribution in [0.5, 0.6) is 0 Å². The molecule has 1 N–H and O–H groups in total. The molecule has 0 aliphatic carbocycles. The molecule has 0 radical (unpaired) electrons. The summed E-state index contributed by atoms with van der Waals surface area (Å²) in [5, 5.41) is 11.8. The molecule has 0 atom stereocenters. The third-order valence-electron chi connectivity index (χ3n) is 3.15. The standard InChI is InChI=1S/C18H15FN2O/c1-13-9-15(7-8-17(13)19)10-16(11-20)18(22)21-12-14-5-3-2-4-6-14/h2-10H,12H2,1H3,(H,21,22). The lowest BCUT2D eigenvalue weighted by atomic mass is 10.1. The van der Waals surface area contributed by atoms with Crippen molar-refractivity contribution in [3.8, 4) is 6.07 Å². The molecular formula is C18H15FN2O. The first kappa shape index (κ1) is 15.5. The maximum absolute atomic E-state index is 13.2. The Balaban J connectivity index is 2.10. The van der Waals surface area contributed by atoms with Gasteiger partial charge in [-0.1, -0.05) is 36.4 Å². The van der Waals surface area contributed by atoms with Gasteiger partial charge in [0, 0.05) is 6.54 Å². The molecule has 0 aliphatic heterocycles. The minimum Gasteiger partial charge on any atom is -0.347 e. The van der Waals surface area contributed by atoms with E-state index in [1.165, 1.54) is 18.2 Å². The van der Waals surface area contributed by atoms with Crippen LogP contribution in [0.15, 0.2) is 54.1 Å². The number of hydrogen-bond donors (Lipinski definition) is 1. The molecule has 0 unspecified atom stereocenters. The molecule has 2 aromatic carbocycles. The number of nitrogens with one attached hydrogen (secondary N) is 1. The average Bonchev–Trinajstić information content (AvgIpc) is 2.54. The number of aryl methyl sites for hydroxylation is 1. The molecule has 0 spiro atoms. The Morgan fingerprint density at radius 2 is 2.00 bits per heavy atom. The van der Waals surface area contributed by atoms with Gasteiger partial charge in [-0.25, -0.2) is 4.39 Å². The summed E-state index contributed by atoms with van der Waals surface area (Å²) in [5.74, 6) is -0.766. The van der Waals surface area contributed by atoms with Gasteiger partial charge in [0.1, 0.15) is 17.5 Å². The number of halogens is 1. The first-order valence-electron chi connectivity index (χ1n) is 6.80. The molecule has 2 aromatic rings. The first-order chi connectivity index (χ1) is 10.6. The molecule has 1 amide bonds. The van der Waals surface area contributed by atoms with Gasteiger partial charge in [-0.05, 0) is 41.8 Å². The number of carbonyl (C=O) groups excluding carboxylic acids is 1. The van der Waals surface area contributed by atoms with Gasteiger partial charge < -0.3 is 5.32 Å². The number of nitriles is 1. The third kappa shape index (κ3) is 4.03. The highest BCUT2D eigenvalue weighted by atomic mass is 19.1. The van der Waals surface area contributed by atoms with E-state index in [4.69, 9.17) is 5.26 Å². The van der Waals surface area contributed by atoms with Gasteiger partial charge in [-0.3, -0.25) is 4.79 Å². The summed E-state index contributed by atoms with van der Waals surface area (Å²) in [7, 11) is 0. The molecule has 0 saturated heterocycles. The van der Waals surface area contributed by atoms with Crippen molar-refractivity contribution in [1.29, 1.82) is 5.26 Å². The zero-order valence-corrected chi connectivity index (χ0v) is 12.1. The highest BCUT2D eigenvalue weighted by molar-refractivity contribution is 6.01. The molecule has 0 aromatic heterocycles. The van der Waals surface area contributed by atoms with Gasteiger partial charge in [0.2, 0.25) is 0 Å². The van der Waals surface area contributed by atoms with Gasteiger partial charge in [0.05, 0.1) is 0 Å². The van der Waals surface area contributed by atoms with Crippen LogP contribution in [0.1, 0.15) is 16.7 Å². The molecule has 3 nitrogen and oxygen atoms in total. The Morgan fingerprint density at radius 1 is 1.27 bits per heavy atom. The summed E-state index contributed by atoms with van der Waals surface area (Å²) in [6, 6.07) is 15.7. The number of benzene rings is 2. The van der Waals surface area contributed by atoms with Gasteiger partial charge >= 0.3 is 0 Å². The molecule has 0 aliphatic rings. The highest BCUT2D eigenvalue weighted by Gasteiger charge is 2.09. The maximum atomic E-state index is 13.2. The van der Waals surface area contributed by atoms with Gasteiger partial charge in [-0.2, -0.15) is 5.26 Å². The van der Waals surface area contributed by atoms with Gasteiger partial charge in [-0.15, -0.1) is 0 Å². The molecular weight excluding hydrogens is 279 g/mol. The summed E-state index contributed by atoms with van der Waals surface area (Å²) in [4.78, 5) is 12.0. The second-order valence-corrected chi connectivity index (χ2v) is 4.85. The van der Waals surface area contributed by atoms with Crippen molar-refractivity contribution < 1.29 is 9.18 Å². The van der Waals surface area contributed by atoms with Gasteiger partial charge in [0.25, 0.3) is 5.91 Å². The van der Waals surface area contributed by atoms with Crippen LogP contribution in [0.2, 0.25) is 0 Å². The number of rotatable bonds is 4. The molecule has 0 fully saturated rings. The molecule has 110 valence electrons. The minimum atomic E-state index is -0.451. The minimum absolute atomic E-state index is 0.0121. The van der Waals surface area contributed by atoms with E-state index in [2.05, 4.69) is 5.32 Å². The van der Waals surface area contributed by atoms with Crippen molar-refractivity contribution >= 4 is 12.0 Å². The molecule has 0 saturated carbocycles. The van der Waals surface area contributed by atoms with Crippen molar-refractivity contribution in [2.75, 3.05) is 0 Å². The average molecular weight is 294 g/mol. The number of nitrogens with zero attached hydrogens (tertiary/aromatic N) is 1. The van der Waals surface area contributed by atoms with Crippen molar-refractivity contribution in [1.82, 2.24) is 5.32 Å². The van der Waals surface area contributed by atoms with Crippen LogP contribution in [-0.2, 0) is 11.3 Å². The zero-order chi connectivity index (χ0) is 15.9. The van der Waals surface area contributed by atoms with Crippen molar-refractivity contribution in [3.63, 3.8) is 0 Å². The molecule has 22 heavy (non-hydrogen) atoms. The Morgan fingerprint density at radius 3 is 2.64 bits per heavy atom. The van der Waals surface area contributed by atoms with E-state index in [-0.39, 0.29) is 11.4 Å². The third-order valence-corrected chi connectivity index (χ3v) is 3.15. The van der Waals surface area contributed by atoms with Crippen LogP contribution in [0.25, 0.3) is 6.08 Å². The van der Waals surface area contributed by atoms with E-state index in [1.807, 2.05) is 36.4 Å². The monoisotopic (exact) mass is 294 g/mol. The Kier molecular flexibility index (Phi) is 5.05. The Hall–Kier alpha value is -2.93. The van der Waals surface area contributed by atoms with Crippen molar-refractivity contribution in [2.45, 2.75) is 13.5 Å². The summed E-state index contributed by atoms with van der Waals surface area (Å²) in [6.07, 6.45) is 1.45. The number of hydrogen-bond acceptors (Lipinski definition) is 2. The molecule has 0 heterocycles. The second-order valence-electron chi connectivity index (χ2n) is 4.85. The largest absolute Gasteiger partial charge is 0.347 e. The molecule has 2 rings (SSSR count). The summed E-state index contributed by atoms with van der Waals surface area (Å²) in [5.41, 5.74) is 2.02. The lowest BCUT2D eigenvalue weighted by Crippen LogP contribution is -2.23. The Bertz CT molecular complexity index is 745. The molecule has 4 heteroatoms. The second kappa shape index (κ2) is 7.19. The van der Waals surface area contributed by atoms with E-state index in [9.17, 15) is 9.18 Å². The summed E-state index contributed by atoms with van der Waals surface area (Å²) in [6.45, 7) is 1.98. The zero-order valence-electron chi connectivity index (χ0n) is 12.1. The van der Waals surface area contributed by atoms with Crippen LogP contribution < -0.4 is 5.32 Å². The Labute approximate surface area is 128 Å². The van der Waals surface area contributed by atoms with E-state index in [0.717, 1.165) is 5.56 Å². The fraction of sp³-hybridized carbons (Fsp3) is 0.111.